The molecule has 0 aromatic heterocycles. The van der Waals surface area contributed by atoms with Gasteiger partial charge in [-0.15, -0.1) is 0 Å². The molecule has 1 aliphatic rings. The topological polar surface area (TPSA) is 40.6 Å². The normalized spacial score (nSPS) is 14.8. The average Bonchev–Trinajstić information content (AvgIpc) is 2.91. The standard InChI is InChI=1S/C20H19BrF2N2O2/c21-16-4-7-18(23)15(12-16)13-19(26)24-8-1-9-25(11-10-24)20(27)14-2-5-17(22)6-3-14/h2-7,12H,1,8-11,13H2. The predicted molar refractivity (Wildman–Crippen MR) is 101 cm³/mol. The van der Waals surface area contributed by atoms with Crippen LogP contribution in [0.25, 0.3) is 0 Å². The fraction of sp³-hybridized carbons (Fsp3) is 0.300. The maximum Gasteiger partial charge on any atom is 0.253 e. The summed E-state index contributed by atoms with van der Waals surface area (Å²) in [6, 6.07) is 9.96. The zero-order chi connectivity index (χ0) is 19.4. The average molecular weight is 437 g/mol. The van der Waals surface area contributed by atoms with Crippen LogP contribution in [-0.2, 0) is 11.2 Å². The molecule has 27 heavy (non-hydrogen) atoms. The molecule has 2 aromatic rings. The van der Waals surface area contributed by atoms with Crippen LogP contribution in [0.1, 0.15) is 22.3 Å². The van der Waals surface area contributed by atoms with Gasteiger partial charge in [-0.2, -0.15) is 0 Å². The lowest BCUT2D eigenvalue weighted by atomic mass is 10.1. The molecule has 0 saturated carbocycles. The second kappa shape index (κ2) is 8.61. The zero-order valence-electron chi connectivity index (χ0n) is 14.6. The molecule has 1 saturated heterocycles. The van der Waals surface area contributed by atoms with Gasteiger partial charge >= 0.3 is 0 Å². The third-order valence-electron chi connectivity index (χ3n) is 4.58. The van der Waals surface area contributed by atoms with E-state index in [0.717, 1.165) is 4.47 Å². The minimum Gasteiger partial charge on any atom is -0.341 e. The summed E-state index contributed by atoms with van der Waals surface area (Å²) in [6.45, 7) is 1.82. The molecule has 7 heteroatoms. The van der Waals surface area contributed by atoms with Gasteiger partial charge in [-0.3, -0.25) is 9.59 Å². The van der Waals surface area contributed by atoms with Crippen LogP contribution < -0.4 is 0 Å². The van der Waals surface area contributed by atoms with E-state index in [0.29, 0.717) is 43.7 Å². The van der Waals surface area contributed by atoms with Crippen molar-refractivity contribution in [3.05, 3.63) is 69.7 Å². The maximum absolute atomic E-state index is 13.9. The van der Waals surface area contributed by atoms with Crippen molar-refractivity contribution in [2.45, 2.75) is 12.8 Å². The highest BCUT2D eigenvalue weighted by molar-refractivity contribution is 9.10. The van der Waals surface area contributed by atoms with Crippen molar-refractivity contribution in [1.82, 2.24) is 9.80 Å². The van der Waals surface area contributed by atoms with Crippen molar-refractivity contribution in [3.63, 3.8) is 0 Å². The third-order valence-corrected chi connectivity index (χ3v) is 5.07. The van der Waals surface area contributed by atoms with Gasteiger partial charge in [-0.25, -0.2) is 8.78 Å². The predicted octanol–water partition coefficient (Wildman–Crippen LogP) is 3.64. The molecule has 2 aromatic carbocycles. The van der Waals surface area contributed by atoms with Gasteiger partial charge in [0.2, 0.25) is 5.91 Å². The van der Waals surface area contributed by atoms with Crippen molar-refractivity contribution < 1.29 is 18.4 Å². The first kappa shape index (κ1) is 19.5. The highest BCUT2D eigenvalue weighted by atomic mass is 79.9. The molecule has 2 amide bonds. The first-order chi connectivity index (χ1) is 12.9. The van der Waals surface area contributed by atoms with Crippen molar-refractivity contribution >= 4 is 27.7 Å². The SMILES string of the molecule is O=C(Cc1cc(Br)ccc1F)N1CCCN(C(=O)c2ccc(F)cc2)CC1. The van der Waals surface area contributed by atoms with Gasteiger partial charge in [0.1, 0.15) is 11.6 Å². The fourth-order valence-electron chi connectivity index (χ4n) is 3.10. The third kappa shape index (κ3) is 4.91. The molecule has 1 heterocycles. The molecule has 1 aliphatic heterocycles. The first-order valence-electron chi connectivity index (χ1n) is 8.70. The van der Waals surface area contributed by atoms with Crippen LogP contribution in [0.15, 0.2) is 46.9 Å². The van der Waals surface area contributed by atoms with E-state index in [2.05, 4.69) is 15.9 Å². The van der Waals surface area contributed by atoms with Gasteiger partial charge in [0, 0.05) is 36.2 Å². The van der Waals surface area contributed by atoms with Gasteiger partial charge in [-0.05, 0) is 54.4 Å². The number of hydrogen-bond donors (Lipinski definition) is 0. The second-order valence-corrected chi connectivity index (χ2v) is 7.36. The quantitative estimate of drug-likeness (QED) is 0.736. The molecule has 1 fully saturated rings. The van der Waals surface area contributed by atoms with Gasteiger partial charge in [-0.1, -0.05) is 15.9 Å². The summed E-state index contributed by atoms with van der Waals surface area (Å²) in [5.41, 5.74) is 0.769. The second-order valence-electron chi connectivity index (χ2n) is 6.45. The Labute approximate surface area is 164 Å². The molecule has 4 nitrogen and oxygen atoms in total. The first-order valence-corrected chi connectivity index (χ1v) is 9.50. The number of rotatable bonds is 3. The van der Waals surface area contributed by atoms with Gasteiger partial charge in [0.05, 0.1) is 6.42 Å². The largest absolute Gasteiger partial charge is 0.341 e. The Morgan fingerprint density at radius 2 is 1.59 bits per heavy atom. The summed E-state index contributed by atoms with van der Waals surface area (Å²) in [6.07, 6.45) is 0.622. The number of nitrogens with zero attached hydrogens (tertiary/aromatic N) is 2. The van der Waals surface area contributed by atoms with E-state index in [4.69, 9.17) is 0 Å². The molecule has 0 bridgehead atoms. The Morgan fingerprint density at radius 3 is 2.33 bits per heavy atom. The summed E-state index contributed by atoms with van der Waals surface area (Å²) < 4.78 is 27.6. The smallest absolute Gasteiger partial charge is 0.253 e. The van der Waals surface area contributed by atoms with Gasteiger partial charge < -0.3 is 9.80 Å². The Balaban J connectivity index is 1.62. The number of amides is 2. The Kier molecular flexibility index (Phi) is 6.21. The minimum absolute atomic E-state index is 0.0167. The lowest BCUT2D eigenvalue weighted by Crippen LogP contribution is -2.38. The van der Waals surface area contributed by atoms with Crippen LogP contribution in [0.3, 0.4) is 0 Å². The summed E-state index contributed by atoms with van der Waals surface area (Å²) in [5, 5.41) is 0. The molecule has 142 valence electrons. The summed E-state index contributed by atoms with van der Waals surface area (Å²) in [5.74, 6) is -1.14. The van der Waals surface area contributed by atoms with Crippen LogP contribution in [0, 0.1) is 11.6 Å². The molecule has 3 rings (SSSR count). The van der Waals surface area contributed by atoms with E-state index in [1.807, 2.05) is 0 Å². The summed E-state index contributed by atoms with van der Waals surface area (Å²) >= 11 is 3.29. The number of benzene rings is 2. The van der Waals surface area contributed by atoms with E-state index in [9.17, 15) is 18.4 Å². The van der Waals surface area contributed by atoms with E-state index in [1.165, 1.54) is 30.3 Å². The number of hydrogen-bond acceptors (Lipinski definition) is 2. The molecule has 0 unspecified atom stereocenters. The molecule has 0 N–H and O–H groups in total. The number of halogens is 3. The molecule has 0 spiro atoms. The molecular weight excluding hydrogens is 418 g/mol. The fourth-order valence-corrected chi connectivity index (χ4v) is 3.51. The Hall–Kier alpha value is -2.28. The van der Waals surface area contributed by atoms with Crippen molar-refractivity contribution in [2.75, 3.05) is 26.2 Å². The van der Waals surface area contributed by atoms with Crippen LogP contribution >= 0.6 is 15.9 Å². The monoisotopic (exact) mass is 436 g/mol. The number of carbonyl (C=O) groups excluding carboxylic acids is 2. The highest BCUT2D eigenvalue weighted by Gasteiger charge is 2.23. The Bertz CT molecular complexity index is 842. The van der Waals surface area contributed by atoms with Crippen LogP contribution in [0.2, 0.25) is 0 Å². The van der Waals surface area contributed by atoms with Crippen molar-refractivity contribution in [1.29, 1.82) is 0 Å². The van der Waals surface area contributed by atoms with Crippen LogP contribution in [-0.4, -0.2) is 47.8 Å². The van der Waals surface area contributed by atoms with E-state index >= 15 is 0 Å². The molecule has 0 atom stereocenters. The lowest BCUT2D eigenvalue weighted by Gasteiger charge is -2.22. The van der Waals surface area contributed by atoms with Crippen LogP contribution in [0.5, 0.6) is 0 Å². The lowest BCUT2D eigenvalue weighted by molar-refractivity contribution is -0.130. The zero-order valence-corrected chi connectivity index (χ0v) is 16.2. The van der Waals surface area contributed by atoms with E-state index in [-0.39, 0.29) is 24.1 Å². The highest BCUT2D eigenvalue weighted by Crippen LogP contribution is 2.17. The van der Waals surface area contributed by atoms with Crippen LogP contribution in [0.4, 0.5) is 8.78 Å². The Morgan fingerprint density at radius 1 is 0.926 bits per heavy atom. The van der Waals surface area contributed by atoms with E-state index < -0.39 is 5.82 Å². The minimum atomic E-state index is -0.408. The summed E-state index contributed by atoms with van der Waals surface area (Å²) in [7, 11) is 0. The summed E-state index contributed by atoms with van der Waals surface area (Å²) in [4.78, 5) is 28.5. The number of carbonyl (C=O) groups is 2. The molecule has 0 aliphatic carbocycles. The van der Waals surface area contributed by atoms with Gasteiger partial charge in [0.15, 0.2) is 0 Å². The van der Waals surface area contributed by atoms with Crippen molar-refractivity contribution in [3.8, 4) is 0 Å². The van der Waals surface area contributed by atoms with Gasteiger partial charge in [0.25, 0.3) is 5.91 Å². The van der Waals surface area contributed by atoms with Crippen molar-refractivity contribution in [2.24, 2.45) is 0 Å². The molecule has 0 radical (unpaired) electrons. The molecular formula is C20H19BrF2N2O2. The van der Waals surface area contributed by atoms with E-state index in [1.54, 1.807) is 21.9 Å². The maximum atomic E-state index is 13.9.